The summed E-state index contributed by atoms with van der Waals surface area (Å²) in [6.07, 6.45) is 2.60. The average Bonchev–Trinajstić information content (AvgIpc) is 2.78. The minimum Gasteiger partial charge on any atom is -0.326 e. The Bertz CT molecular complexity index is 351. The summed E-state index contributed by atoms with van der Waals surface area (Å²) in [7, 11) is 0. The second-order valence-corrected chi connectivity index (χ2v) is 7.17. The number of hydrogen-bond donors (Lipinski definition) is 1. The zero-order valence-electron chi connectivity index (χ0n) is 9.82. The zero-order valence-corrected chi connectivity index (χ0v) is 12.2. The molecule has 3 unspecified atom stereocenters. The van der Waals surface area contributed by atoms with E-state index in [-0.39, 0.29) is 6.04 Å². The molecule has 0 radical (unpaired) electrons. The van der Waals surface area contributed by atoms with Gasteiger partial charge in [0.15, 0.2) is 0 Å². The third-order valence-corrected chi connectivity index (χ3v) is 5.04. The standard InChI is InChI=1S/C12H19BrN2S/c1-8-4-3-7-15(8)12(9(2)14)10-5-6-11(13)16-10/h5-6,8-9,12H,3-4,7,14H2,1-2H3. The molecule has 1 aliphatic rings. The van der Waals surface area contributed by atoms with Gasteiger partial charge in [-0.1, -0.05) is 0 Å². The number of rotatable bonds is 3. The van der Waals surface area contributed by atoms with E-state index in [0.717, 1.165) is 0 Å². The van der Waals surface area contributed by atoms with E-state index in [9.17, 15) is 0 Å². The minimum atomic E-state index is 0.186. The molecule has 2 rings (SSSR count). The third-order valence-electron chi connectivity index (χ3n) is 3.35. The molecule has 0 saturated carbocycles. The normalized spacial score (nSPS) is 25.9. The highest BCUT2D eigenvalue weighted by Crippen LogP contribution is 2.36. The highest BCUT2D eigenvalue weighted by Gasteiger charge is 2.31. The summed E-state index contributed by atoms with van der Waals surface area (Å²) >= 11 is 5.34. The van der Waals surface area contributed by atoms with Crippen LogP contribution in [-0.4, -0.2) is 23.5 Å². The van der Waals surface area contributed by atoms with Gasteiger partial charge in [-0.15, -0.1) is 11.3 Å². The molecule has 0 aromatic carbocycles. The van der Waals surface area contributed by atoms with E-state index in [0.29, 0.717) is 12.1 Å². The average molecular weight is 303 g/mol. The van der Waals surface area contributed by atoms with E-state index < -0.39 is 0 Å². The Hall–Kier alpha value is 0.1000. The van der Waals surface area contributed by atoms with E-state index in [2.05, 4.69) is 46.8 Å². The highest BCUT2D eigenvalue weighted by molar-refractivity contribution is 9.11. The molecule has 0 bridgehead atoms. The zero-order chi connectivity index (χ0) is 11.7. The molecule has 16 heavy (non-hydrogen) atoms. The molecule has 1 aromatic rings. The summed E-state index contributed by atoms with van der Waals surface area (Å²) in [5.74, 6) is 0. The van der Waals surface area contributed by atoms with E-state index in [1.807, 2.05) is 11.3 Å². The summed E-state index contributed by atoms with van der Waals surface area (Å²) in [5.41, 5.74) is 6.17. The van der Waals surface area contributed by atoms with Crippen LogP contribution in [0.4, 0.5) is 0 Å². The Morgan fingerprint density at radius 1 is 1.56 bits per heavy atom. The molecule has 0 amide bonds. The number of thiophene rings is 1. The van der Waals surface area contributed by atoms with Gasteiger partial charge in [-0.3, -0.25) is 4.90 Å². The number of likely N-dealkylation sites (tertiary alicyclic amines) is 1. The van der Waals surface area contributed by atoms with Crippen LogP contribution >= 0.6 is 27.3 Å². The first-order valence-electron chi connectivity index (χ1n) is 5.86. The Morgan fingerprint density at radius 2 is 2.31 bits per heavy atom. The molecule has 1 aliphatic heterocycles. The molecule has 2 heterocycles. The monoisotopic (exact) mass is 302 g/mol. The van der Waals surface area contributed by atoms with Crippen LogP contribution in [-0.2, 0) is 0 Å². The van der Waals surface area contributed by atoms with Gasteiger partial charge in [0.2, 0.25) is 0 Å². The fraction of sp³-hybridized carbons (Fsp3) is 0.667. The lowest BCUT2D eigenvalue weighted by molar-refractivity contribution is 0.173. The molecule has 1 aromatic heterocycles. The lowest BCUT2D eigenvalue weighted by Crippen LogP contribution is -2.40. The maximum absolute atomic E-state index is 6.17. The van der Waals surface area contributed by atoms with Crippen molar-refractivity contribution in [1.29, 1.82) is 0 Å². The van der Waals surface area contributed by atoms with Gasteiger partial charge in [-0.2, -0.15) is 0 Å². The smallest absolute Gasteiger partial charge is 0.0702 e. The first kappa shape index (κ1) is 12.6. The van der Waals surface area contributed by atoms with Gasteiger partial charge < -0.3 is 5.73 Å². The summed E-state index contributed by atoms with van der Waals surface area (Å²) < 4.78 is 1.19. The molecular weight excluding hydrogens is 284 g/mol. The quantitative estimate of drug-likeness (QED) is 0.927. The number of hydrogen-bond acceptors (Lipinski definition) is 3. The Kier molecular flexibility index (Phi) is 4.06. The first-order valence-corrected chi connectivity index (χ1v) is 7.47. The molecule has 0 aliphatic carbocycles. The molecule has 4 heteroatoms. The van der Waals surface area contributed by atoms with Crippen LogP contribution in [0.5, 0.6) is 0 Å². The summed E-state index contributed by atoms with van der Waals surface area (Å²) in [5, 5.41) is 0. The predicted molar refractivity (Wildman–Crippen MR) is 73.8 cm³/mol. The van der Waals surface area contributed by atoms with Crippen molar-refractivity contribution in [1.82, 2.24) is 4.90 Å². The van der Waals surface area contributed by atoms with Crippen LogP contribution in [0.3, 0.4) is 0 Å². The van der Waals surface area contributed by atoms with Crippen LogP contribution in [0, 0.1) is 0 Å². The van der Waals surface area contributed by atoms with Crippen molar-refractivity contribution in [2.45, 2.75) is 44.8 Å². The van der Waals surface area contributed by atoms with Crippen LogP contribution < -0.4 is 5.73 Å². The van der Waals surface area contributed by atoms with Crippen LogP contribution in [0.15, 0.2) is 15.9 Å². The molecule has 2 N–H and O–H groups in total. The number of nitrogens with zero attached hydrogens (tertiary/aromatic N) is 1. The van der Waals surface area contributed by atoms with Gasteiger partial charge >= 0.3 is 0 Å². The maximum atomic E-state index is 6.17. The van der Waals surface area contributed by atoms with Crippen LogP contribution in [0.2, 0.25) is 0 Å². The van der Waals surface area contributed by atoms with Crippen LogP contribution in [0.25, 0.3) is 0 Å². The van der Waals surface area contributed by atoms with Gasteiger partial charge in [-0.05, 0) is 61.3 Å². The van der Waals surface area contributed by atoms with Crippen molar-refractivity contribution in [3.8, 4) is 0 Å². The molecule has 1 fully saturated rings. The molecule has 0 spiro atoms. The number of halogens is 1. The SMILES string of the molecule is CC(N)C(c1ccc(Br)s1)N1CCCC1C. The Morgan fingerprint density at radius 3 is 2.75 bits per heavy atom. The largest absolute Gasteiger partial charge is 0.326 e. The Labute approximate surface area is 110 Å². The van der Waals surface area contributed by atoms with Gasteiger partial charge in [0, 0.05) is 17.0 Å². The van der Waals surface area contributed by atoms with Gasteiger partial charge in [0.05, 0.1) is 9.83 Å². The van der Waals surface area contributed by atoms with Crippen molar-refractivity contribution in [3.63, 3.8) is 0 Å². The van der Waals surface area contributed by atoms with Crippen molar-refractivity contribution in [2.75, 3.05) is 6.54 Å². The lowest BCUT2D eigenvalue weighted by Gasteiger charge is -2.33. The molecule has 90 valence electrons. The van der Waals surface area contributed by atoms with Crippen molar-refractivity contribution in [2.24, 2.45) is 5.73 Å². The number of nitrogens with two attached hydrogens (primary N) is 1. The van der Waals surface area contributed by atoms with Crippen LogP contribution in [0.1, 0.15) is 37.6 Å². The second kappa shape index (κ2) is 5.17. The minimum absolute atomic E-state index is 0.186. The van der Waals surface area contributed by atoms with Gasteiger partial charge in [0.1, 0.15) is 0 Å². The van der Waals surface area contributed by atoms with Gasteiger partial charge in [0.25, 0.3) is 0 Å². The molecule has 3 atom stereocenters. The topological polar surface area (TPSA) is 29.3 Å². The Balaban J connectivity index is 2.23. The molecule has 2 nitrogen and oxygen atoms in total. The van der Waals surface area contributed by atoms with E-state index in [1.54, 1.807) is 0 Å². The van der Waals surface area contributed by atoms with Crippen molar-refractivity contribution < 1.29 is 0 Å². The van der Waals surface area contributed by atoms with Gasteiger partial charge in [-0.25, -0.2) is 0 Å². The van der Waals surface area contributed by atoms with E-state index in [1.165, 1.54) is 28.0 Å². The summed E-state index contributed by atoms with van der Waals surface area (Å²) in [6.45, 7) is 5.61. The second-order valence-electron chi connectivity index (χ2n) is 4.67. The molecular formula is C12H19BrN2S. The van der Waals surface area contributed by atoms with Crippen molar-refractivity contribution in [3.05, 3.63) is 20.8 Å². The fourth-order valence-electron chi connectivity index (χ4n) is 2.58. The van der Waals surface area contributed by atoms with E-state index in [4.69, 9.17) is 5.73 Å². The predicted octanol–water partition coefficient (Wildman–Crippen LogP) is 3.38. The van der Waals surface area contributed by atoms with Crippen molar-refractivity contribution >= 4 is 27.3 Å². The van der Waals surface area contributed by atoms with E-state index >= 15 is 0 Å². The lowest BCUT2D eigenvalue weighted by atomic mass is 10.1. The summed E-state index contributed by atoms with van der Waals surface area (Å²) in [6, 6.07) is 5.56. The first-order chi connectivity index (χ1) is 7.59. The fourth-order valence-corrected chi connectivity index (χ4v) is 4.24. The third kappa shape index (κ3) is 2.50. The maximum Gasteiger partial charge on any atom is 0.0702 e. The highest BCUT2D eigenvalue weighted by atomic mass is 79.9. The summed E-state index contributed by atoms with van der Waals surface area (Å²) in [4.78, 5) is 3.94. The molecule has 1 saturated heterocycles.